The Hall–Kier alpha value is -2.18. The maximum atomic E-state index is 12.3. The lowest BCUT2D eigenvalue weighted by atomic mass is 10.1. The molecule has 0 aliphatic carbocycles. The Morgan fingerprint density at radius 3 is 2.91 bits per heavy atom. The fraction of sp³-hybridized carbons (Fsp3) is 0.412. The number of aromatic nitrogens is 2. The summed E-state index contributed by atoms with van der Waals surface area (Å²) < 4.78 is 7.20. The minimum absolute atomic E-state index is 0.126. The van der Waals surface area contributed by atoms with Gasteiger partial charge < -0.3 is 15.0 Å². The predicted molar refractivity (Wildman–Crippen MR) is 87.3 cm³/mol. The fourth-order valence-corrected chi connectivity index (χ4v) is 2.66. The van der Waals surface area contributed by atoms with Crippen LogP contribution in [0.1, 0.15) is 12.0 Å². The third kappa shape index (κ3) is 4.18. The zero-order chi connectivity index (χ0) is 16.1. The number of hydrogen-bond acceptors (Lipinski definition) is 4. The van der Waals surface area contributed by atoms with Crippen LogP contribution in [0.3, 0.4) is 0 Å². The fourth-order valence-electron chi connectivity index (χ4n) is 2.66. The zero-order valence-electron chi connectivity index (χ0n) is 13.3. The third-order valence-corrected chi connectivity index (χ3v) is 3.97. The van der Waals surface area contributed by atoms with Crippen molar-refractivity contribution in [3.8, 4) is 5.69 Å². The molecule has 0 saturated carbocycles. The molecule has 1 aliphatic rings. The molecule has 1 aromatic carbocycles. The van der Waals surface area contributed by atoms with Gasteiger partial charge in [-0.15, -0.1) is 0 Å². The van der Waals surface area contributed by atoms with Gasteiger partial charge in [0.25, 0.3) is 0 Å². The van der Waals surface area contributed by atoms with Gasteiger partial charge in [0, 0.05) is 45.0 Å². The Morgan fingerprint density at radius 2 is 2.26 bits per heavy atom. The highest BCUT2D eigenvalue weighted by atomic mass is 16.5. The average Bonchev–Trinajstić information content (AvgIpc) is 3.11. The van der Waals surface area contributed by atoms with E-state index in [1.54, 1.807) is 11.1 Å². The second-order valence-electron chi connectivity index (χ2n) is 5.80. The first kappa shape index (κ1) is 15.7. The molecule has 0 bridgehead atoms. The predicted octanol–water partition coefficient (Wildman–Crippen LogP) is 1.21. The topological polar surface area (TPSA) is 59.4 Å². The first-order valence-corrected chi connectivity index (χ1v) is 7.86. The molecule has 0 spiro atoms. The number of amides is 1. The van der Waals surface area contributed by atoms with Crippen LogP contribution in [0.25, 0.3) is 5.69 Å². The standard InChI is InChI=1S/C17H22N4O2/c1-20(17(22)11-15-13-23-10-8-18-15)12-14-3-5-16(6-4-14)21-9-2-7-19-21/h2-7,9,15,18H,8,10-13H2,1H3. The van der Waals surface area contributed by atoms with Crippen LogP contribution in [0.5, 0.6) is 0 Å². The van der Waals surface area contributed by atoms with Crippen LogP contribution in [-0.4, -0.2) is 53.4 Å². The maximum absolute atomic E-state index is 12.3. The smallest absolute Gasteiger partial charge is 0.224 e. The first-order chi connectivity index (χ1) is 11.2. The molecule has 2 heterocycles. The highest BCUT2D eigenvalue weighted by molar-refractivity contribution is 5.76. The lowest BCUT2D eigenvalue weighted by molar-refractivity contribution is -0.131. The molecule has 1 aromatic heterocycles. The van der Waals surface area contributed by atoms with E-state index in [4.69, 9.17) is 4.74 Å². The van der Waals surface area contributed by atoms with Gasteiger partial charge in [0.15, 0.2) is 0 Å². The van der Waals surface area contributed by atoms with Crippen molar-refractivity contribution < 1.29 is 9.53 Å². The van der Waals surface area contributed by atoms with Crippen LogP contribution in [0.4, 0.5) is 0 Å². The van der Waals surface area contributed by atoms with E-state index < -0.39 is 0 Å². The second kappa shape index (κ2) is 7.39. The van der Waals surface area contributed by atoms with E-state index in [9.17, 15) is 4.79 Å². The number of carbonyl (C=O) groups excluding carboxylic acids is 1. The molecule has 1 N–H and O–H groups in total. The lowest BCUT2D eigenvalue weighted by Crippen LogP contribution is -2.44. The number of nitrogens with zero attached hydrogens (tertiary/aromatic N) is 3. The van der Waals surface area contributed by atoms with Gasteiger partial charge in [-0.05, 0) is 23.8 Å². The first-order valence-electron chi connectivity index (χ1n) is 7.86. The average molecular weight is 314 g/mol. The van der Waals surface area contributed by atoms with Gasteiger partial charge in [-0.3, -0.25) is 4.79 Å². The number of nitrogens with one attached hydrogen (secondary N) is 1. The van der Waals surface area contributed by atoms with Gasteiger partial charge in [0.05, 0.1) is 18.9 Å². The molecule has 1 amide bonds. The van der Waals surface area contributed by atoms with Gasteiger partial charge in [0.2, 0.25) is 5.91 Å². The molecule has 1 aliphatic heterocycles. The summed E-state index contributed by atoms with van der Waals surface area (Å²) in [5.41, 5.74) is 2.11. The normalized spacial score (nSPS) is 17.9. The van der Waals surface area contributed by atoms with Crippen molar-refractivity contribution in [1.29, 1.82) is 0 Å². The molecule has 0 radical (unpaired) electrons. The lowest BCUT2D eigenvalue weighted by Gasteiger charge is -2.25. The van der Waals surface area contributed by atoms with Crippen molar-refractivity contribution in [1.82, 2.24) is 20.0 Å². The SMILES string of the molecule is CN(Cc1ccc(-n2cccn2)cc1)C(=O)CC1COCCN1. The van der Waals surface area contributed by atoms with Gasteiger partial charge in [-0.2, -0.15) is 5.10 Å². The van der Waals surface area contributed by atoms with E-state index in [1.165, 1.54) is 0 Å². The molecule has 23 heavy (non-hydrogen) atoms. The number of benzene rings is 1. The Morgan fingerprint density at radius 1 is 1.43 bits per heavy atom. The third-order valence-electron chi connectivity index (χ3n) is 3.97. The number of rotatable bonds is 5. The van der Waals surface area contributed by atoms with Gasteiger partial charge in [0.1, 0.15) is 0 Å². The van der Waals surface area contributed by atoms with Crippen molar-refractivity contribution in [2.24, 2.45) is 0 Å². The summed E-state index contributed by atoms with van der Waals surface area (Å²) in [6.45, 7) is 2.75. The molecule has 1 unspecified atom stereocenters. The van der Waals surface area contributed by atoms with Crippen LogP contribution < -0.4 is 5.32 Å². The van der Waals surface area contributed by atoms with Gasteiger partial charge >= 0.3 is 0 Å². The summed E-state index contributed by atoms with van der Waals surface area (Å²) in [5, 5.41) is 7.51. The minimum atomic E-state index is 0.126. The molecule has 1 fully saturated rings. The van der Waals surface area contributed by atoms with Crippen molar-refractivity contribution in [3.63, 3.8) is 0 Å². The van der Waals surface area contributed by atoms with Crippen molar-refractivity contribution in [2.75, 3.05) is 26.8 Å². The Labute approximate surface area is 136 Å². The van der Waals surface area contributed by atoms with Crippen LogP contribution in [0, 0.1) is 0 Å². The Balaban J connectivity index is 1.54. The Kier molecular flexibility index (Phi) is 5.05. The van der Waals surface area contributed by atoms with E-state index in [2.05, 4.69) is 10.4 Å². The van der Waals surface area contributed by atoms with Crippen LogP contribution in [-0.2, 0) is 16.1 Å². The summed E-state index contributed by atoms with van der Waals surface area (Å²) >= 11 is 0. The number of morpholine rings is 1. The monoisotopic (exact) mass is 314 g/mol. The molecule has 6 nitrogen and oxygen atoms in total. The maximum Gasteiger partial charge on any atom is 0.224 e. The Bertz CT molecular complexity index is 619. The van der Waals surface area contributed by atoms with Crippen LogP contribution in [0.2, 0.25) is 0 Å². The van der Waals surface area contributed by atoms with Crippen molar-refractivity contribution in [3.05, 3.63) is 48.3 Å². The molecule has 1 atom stereocenters. The summed E-state index contributed by atoms with van der Waals surface area (Å²) in [6, 6.07) is 10.1. The minimum Gasteiger partial charge on any atom is -0.378 e. The van der Waals surface area contributed by atoms with E-state index in [1.807, 2.05) is 48.3 Å². The second-order valence-corrected chi connectivity index (χ2v) is 5.80. The summed E-state index contributed by atoms with van der Waals surface area (Å²) in [4.78, 5) is 14.0. The van der Waals surface area contributed by atoms with Crippen LogP contribution in [0.15, 0.2) is 42.7 Å². The molecule has 3 rings (SSSR count). The highest BCUT2D eigenvalue weighted by Gasteiger charge is 2.19. The number of carbonyl (C=O) groups is 1. The van der Waals surface area contributed by atoms with E-state index in [0.717, 1.165) is 24.4 Å². The largest absolute Gasteiger partial charge is 0.378 e. The van der Waals surface area contributed by atoms with Crippen LogP contribution >= 0.6 is 0 Å². The van der Waals surface area contributed by atoms with Crippen molar-refractivity contribution in [2.45, 2.75) is 19.0 Å². The van der Waals surface area contributed by atoms with E-state index >= 15 is 0 Å². The molecular weight excluding hydrogens is 292 g/mol. The summed E-state index contributed by atoms with van der Waals surface area (Å²) in [5.74, 6) is 0.129. The summed E-state index contributed by atoms with van der Waals surface area (Å²) in [6.07, 6.45) is 4.13. The van der Waals surface area contributed by atoms with Gasteiger partial charge in [-0.1, -0.05) is 12.1 Å². The number of hydrogen-bond donors (Lipinski definition) is 1. The molecular formula is C17H22N4O2. The zero-order valence-corrected chi connectivity index (χ0v) is 13.3. The quantitative estimate of drug-likeness (QED) is 0.901. The molecule has 122 valence electrons. The highest BCUT2D eigenvalue weighted by Crippen LogP contribution is 2.11. The molecule has 2 aromatic rings. The molecule has 6 heteroatoms. The molecule has 1 saturated heterocycles. The summed E-state index contributed by atoms with van der Waals surface area (Å²) in [7, 11) is 1.84. The van der Waals surface area contributed by atoms with E-state index in [0.29, 0.717) is 19.6 Å². The van der Waals surface area contributed by atoms with Gasteiger partial charge in [-0.25, -0.2) is 4.68 Å². The number of ether oxygens (including phenoxy) is 1. The van der Waals surface area contributed by atoms with Crippen molar-refractivity contribution >= 4 is 5.91 Å². The van der Waals surface area contributed by atoms with E-state index in [-0.39, 0.29) is 11.9 Å².